The standard InChI is InChI=1S/C12H14N2O3S2/c1-9(15)13-8-12(18-6-7-19-12)10-2-4-11(5-3-10)14(16)17/h2-5H,6-8H2,1H3,(H,13,15). The smallest absolute Gasteiger partial charge is 0.269 e. The lowest BCUT2D eigenvalue weighted by atomic mass is 10.1. The van der Waals surface area contributed by atoms with Gasteiger partial charge in [-0.3, -0.25) is 14.9 Å². The van der Waals surface area contributed by atoms with Crippen LogP contribution >= 0.6 is 23.5 Å². The molecular weight excluding hydrogens is 284 g/mol. The highest BCUT2D eigenvalue weighted by atomic mass is 32.2. The second-order valence-electron chi connectivity index (χ2n) is 4.16. The molecule has 1 amide bonds. The van der Waals surface area contributed by atoms with E-state index < -0.39 is 4.92 Å². The fourth-order valence-corrected chi connectivity index (χ4v) is 5.02. The van der Waals surface area contributed by atoms with Gasteiger partial charge in [0.2, 0.25) is 5.91 Å². The van der Waals surface area contributed by atoms with Gasteiger partial charge in [-0.25, -0.2) is 0 Å². The molecule has 102 valence electrons. The van der Waals surface area contributed by atoms with Crippen LogP contribution in [0, 0.1) is 10.1 Å². The Morgan fingerprint density at radius 2 is 1.95 bits per heavy atom. The minimum Gasteiger partial charge on any atom is -0.354 e. The molecule has 2 rings (SSSR count). The predicted octanol–water partition coefficient (Wildman–Crippen LogP) is 2.36. The third-order valence-electron chi connectivity index (χ3n) is 2.84. The van der Waals surface area contributed by atoms with Gasteiger partial charge in [0, 0.05) is 37.1 Å². The second kappa shape index (κ2) is 5.83. The summed E-state index contributed by atoms with van der Waals surface area (Å²) >= 11 is 3.56. The Balaban J connectivity index is 2.23. The van der Waals surface area contributed by atoms with Gasteiger partial charge in [-0.2, -0.15) is 0 Å². The van der Waals surface area contributed by atoms with Gasteiger partial charge >= 0.3 is 0 Å². The lowest BCUT2D eigenvalue weighted by molar-refractivity contribution is -0.384. The highest BCUT2D eigenvalue weighted by Gasteiger charge is 2.37. The number of amides is 1. The molecule has 1 saturated heterocycles. The molecule has 0 radical (unpaired) electrons. The van der Waals surface area contributed by atoms with Crippen molar-refractivity contribution in [1.29, 1.82) is 0 Å². The number of benzene rings is 1. The summed E-state index contributed by atoms with van der Waals surface area (Å²) in [6.45, 7) is 2.03. The van der Waals surface area contributed by atoms with Crippen molar-refractivity contribution < 1.29 is 9.72 Å². The van der Waals surface area contributed by atoms with Crippen molar-refractivity contribution in [3.05, 3.63) is 39.9 Å². The van der Waals surface area contributed by atoms with E-state index in [9.17, 15) is 14.9 Å². The van der Waals surface area contributed by atoms with E-state index in [4.69, 9.17) is 0 Å². The molecule has 0 bridgehead atoms. The number of non-ortho nitro benzene ring substituents is 1. The van der Waals surface area contributed by atoms with Gasteiger partial charge in [0.25, 0.3) is 5.69 Å². The summed E-state index contributed by atoms with van der Waals surface area (Å²) in [4.78, 5) is 21.4. The SMILES string of the molecule is CC(=O)NCC1(c2ccc([N+](=O)[O-])cc2)SCCS1. The van der Waals surface area contributed by atoms with Crippen LogP contribution in [0.3, 0.4) is 0 Å². The zero-order chi connectivity index (χ0) is 13.9. The summed E-state index contributed by atoms with van der Waals surface area (Å²) in [5.74, 6) is 1.97. The molecule has 1 aliphatic heterocycles. The Hall–Kier alpha value is -1.21. The van der Waals surface area contributed by atoms with Crippen molar-refractivity contribution in [2.45, 2.75) is 11.0 Å². The summed E-state index contributed by atoms with van der Waals surface area (Å²) in [7, 11) is 0. The predicted molar refractivity (Wildman–Crippen MR) is 78.4 cm³/mol. The van der Waals surface area contributed by atoms with E-state index in [1.54, 1.807) is 35.7 Å². The Morgan fingerprint density at radius 1 is 1.37 bits per heavy atom. The molecule has 0 atom stereocenters. The normalized spacial score (nSPS) is 17.1. The van der Waals surface area contributed by atoms with Gasteiger partial charge in [0.15, 0.2) is 0 Å². The van der Waals surface area contributed by atoms with E-state index in [0.29, 0.717) is 6.54 Å². The number of nitrogens with zero attached hydrogens (tertiary/aromatic N) is 1. The van der Waals surface area contributed by atoms with Crippen LogP contribution in [0.2, 0.25) is 0 Å². The van der Waals surface area contributed by atoms with Gasteiger partial charge < -0.3 is 5.32 Å². The van der Waals surface area contributed by atoms with Crippen LogP contribution in [-0.4, -0.2) is 28.9 Å². The number of nitro groups is 1. The maximum Gasteiger partial charge on any atom is 0.269 e. The van der Waals surface area contributed by atoms with Gasteiger partial charge in [-0.1, -0.05) is 0 Å². The maximum absolute atomic E-state index is 11.1. The zero-order valence-corrected chi connectivity index (χ0v) is 12.1. The summed E-state index contributed by atoms with van der Waals surface area (Å²) in [6.07, 6.45) is 0. The summed E-state index contributed by atoms with van der Waals surface area (Å²) < 4.78 is -0.221. The molecule has 7 heteroatoms. The molecule has 0 aliphatic carbocycles. The Labute approximate surface area is 119 Å². The highest BCUT2D eigenvalue weighted by molar-refractivity contribution is 8.20. The Kier molecular flexibility index (Phi) is 4.36. The topological polar surface area (TPSA) is 72.2 Å². The first-order valence-electron chi connectivity index (χ1n) is 5.81. The molecule has 0 spiro atoms. The van der Waals surface area contributed by atoms with E-state index in [1.807, 2.05) is 0 Å². The van der Waals surface area contributed by atoms with Crippen LogP contribution in [0.5, 0.6) is 0 Å². The number of hydrogen-bond donors (Lipinski definition) is 1. The maximum atomic E-state index is 11.1. The van der Waals surface area contributed by atoms with Crippen LogP contribution in [0.1, 0.15) is 12.5 Å². The fourth-order valence-electron chi connectivity index (χ4n) is 1.90. The molecule has 0 saturated carbocycles. The zero-order valence-electron chi connectivity index (χ0n) is 10.4. The van der Waals surface area contributed by atoms with E-state index in [2.05, 4.69) is 5.32 Å². The Morgan fingerprint density at radius 3 is 2.42 bits per heavy atom. The molecule has 0 aromatic heterocycles. The number of nitrogens with one attached hydrogen (secondary N) is 1. The lowest BCUT2D eigenvalue weighted by Crippen LogP contribution is -2.34. The van der Waals surface area contributed by atoms with Crippen molar-refractivity contribution in [1.82, 2.24) is 5.32 Å². The molecule has 0 unspecified atom stereocenters. The molecule has 1 fully saturated rings. The average molecular weight is 298 g/mol. The van der Waals surface area contributed by atoms with Crippen molar-refractivity contribution in [3.8, 4) is 0 Å². The van der Waals surface area contributed by atoms with Crippen molar-refractivity contribution in [2.24, 2.45) is 0 Å². The first-order valence-corrected chi connectivity index (χ1v) is 7.78. The summed E-state index contributed by atoms with van der Waals surface area (Å²) in [5.41, 5.74) is 1.10. The number of carbonyl (C=O) groups excluding carboxylic acids is 1. The number of hydrogen-bond acceptors (Lipinski definition) is 5. The van der Waals surface area contributed by atoms with E-state index in [-0.39, 0.29) is 15.7 Å². The largest absolute Gasteiger partial charge is 0.354 e. The first-order chi connectivity index (χ1) is 9.03. The molecule has 1 N–H and O–H groups in total. The monoisotopic (exact) mass is 298 g/mol. The third kappa shape index (κ3) is 3.22. The molecule has 1 aromatic rings. The average Bonchev–Trinajstić information content (AvgIpc) is 2.86. The minimum absolute atomic E-state index is 0.0608. The quantitative estimate of drug-likeness (QED) is 0.682. The van der Waals surface area contributed by atoms with Crippen molar-refractivity contribution in [3.63, 3.8) is 0 Å². The van der Waals surface area contributed by atoms with Crippen LogP contribution in [0.4, 0.5) is 5.69 Å². The van der Waals surface area contributed by atoms with Gasteiger partial charge in [0.05, 0.1) is 4.92 Å². The van der Waals surface area contributed by atoms with Gasteiger partial charge in [0.1, 0.15) is 4.08 Å². The van der Waals surface area contributed by atoms with Crippen molar-refractivity contribution >= 4 is 35.1 Å². The highest BCUT2D eigenvalue weighted by Crippen LogP contribution is 2.51. The first kappa shape index (κ1) is 14.2. The van der Waals surface area contributed by atoms with E-state index in [1.165, 1.54) is 19.1 Å². The van der Waals surface area contributed by atoms with E-state index >= 15 is 0 Å². The number of nitro benzene ring substituents is 1. The lowest BCUT2D eigenvalue weighted by Gasteiger charge is -2.27. The van der Waals surface area contributed by atoms with Crippen molar-refractivity contribution in [2.75, 3.05) is 18.1 Å². The minimum atomic E-state index is -0.404. The van der Waals surface area contributed by atoms with Crippen LogP contribution in [0.25, 0.3) is 0 Å². The number of rotatable bonds is 4. The molecule has 19 heavy (non-hydrogen) atoms. The molecule has 5 nitrogen and oxygen atoms in total. The summed E-state index contributed by atoms with van der Waals surface area (Å²) in [5, 5.41) is 13.5. The second-order valence-corrected chi connectivity index (χ2v) is 7.21. The van der Waals surface area contributed by atoms with Gasteiger partial charge in [-0.05, 0) is 17.7 Å². The molecular formula is C12H14N2O3S2. The third-order valence-corrected chi connectivity index (χ3v) is 6.32. The number of carbonyl (C=O) groups is 1. The molecule has 1 heterocycles. The fraction of sp³-hybridized carbons (Fsp3) is 0.417. The summed E-state index contributed by atoms with van der Waals surface area (Å²) in [6, 6.07) is 6.60. The van der Waals surface area contributed by atoms with Crippen LogP contribution < -0.4 is 5.32 Å². The Bertz CT molecular complexity index is 484. The number of thioether (sulfide) groups is 2. The van der Waals surface area contributed by atoms with Crippen LogP contribution in [-0.2, 0) is 8.87 Å². The molecule has 1 aromatic carbocycles. The van der Waals surface area contributed by atoms with Crippen LogP contribution in [0.15, 0.2) is 24.3 Å². The molecule has 1 aliphatic rings. The van der Waals surface area contributed by atoms with Gasteiger partial charge in [-0.15, -0.1) is 23.5 Å². The van der Waals surface area contributed by atoms with E-state index in [0.717, 1.165) is 17.1 Å².